The first-order valence-corrected chi connectivity index (χ1v) is 10.2. The van der Waals surface area contributed by atoms with Crippen molar-refractivity contribution in [3.8, 4) is 0 Å². The molecule has 0 aromatic carbocycles. The highest BCUT2D eigenvalue weighted by Gasteiger charge is 2.12. The molecule has 0 fully saturated rings. The lowest BCUT2D eigenvalue weighted by atomic mass is 9.99. The fourth-order valence-corrected chi connectivity index (χ4v) is 2.86. The van der Waals surface area contributed by atoms with E-state index in [4.69, 9.17) is 4.52 Å². The summed E-state index contributed by atoms with van der Waals surface area (Å²) in [5, 5.41) is 10.8. The smallest absolute Gasteiger partial charge is 0.305 e. The summed E-state index contributed by atoms with van der Waals surface area (Å²) < 4.78 is 10.1. The number of aliphatic imine (C=N–C) groups is 1. The second-order valence-corrected chi connectivity index (χ2v) is 6.59. The number of methoxy groups -OCH3 is 1. The lowest BCUT2D eigenvalue weighted by Crippen LogP contribution is -2.37. The molecule has 0 bridgehead atoms. The van der Waals surface area contributed by atoms with E-state index in [1.165, 1.54) is 7.11 Å². The van der Waals surface area contributed by atoms with Crippen molar-refractivity contribution in [3.63, 3.8) is 0 Å². The summed E-state index contributed by atoms with van der Waals surface area (Å²) in [6, 6.07) is 2.02. The largest absolute Gasteiger partial charge is 0.469 e. The number of esters is 1. The van der Waals surface area contributed by atoms with Crippen molar-refractivity contribution in [3.05, 3.63) is 17.5 Å². The van der Waals surface area contributed by atoms with Crippen LogP contribution in [0.25, 0.3) is 0 Å². The van der Waals surface area contributed by atoms with E-state index in [2.05, 4.69) is 39.4 Å². The Morgan fingerprint density at radius 1 is 1.18 bits per heavy atom. The Kier molecular flexibility index (Phi) is 15.8. The minimum Gasteiger partial charge on any atom is -0.469 e. The molecule has 1 rings (SSSR count). The molecule has 2 N–H and O–H groups in total. The van der Waals surface area contributed by atoms with Crippen LogP contribution in [0.4, 0.5) is 0 Å². The van der Waals surface area contributed by atoms with E-state index in [-0.39, 0.29) is 29.9 Å². The van der Waals surface area contributed by atoms with Gasteiger partial charge in [0.25, 0.3) is 0 Å². The molecule has 1 heterocycles. The SMILES string of the molecule is CCNC(=NCc1cc(C(CC)CC)no1)NCCCCCCC(=O)OC.I. The fourth-order valence-electron chi connectivity index (χ4n) is 2.86. The van der Waals surface area contributed by atoms with E-state index < -0.39 is 0 Å². The minimum atomic E-state index is -0.130. The van der Waals surface area contributed by atoms with Crippen molar-refractivity contribution in [2.45, 2.75) is 78.2 Å². The summed E-state index contributed by atoms with van der Waals surface area (Å²) in [6.07, 6.45) is 6.65. The van der Waals surface area contributed by atoms with E-state index in [0.717, 1.165) is 69.0 Å². The first-order valence-electron chi connectivity index (χ1n) is 10.2. The van der Waals surface area contributed by atoms with Gasteiger partial charge in [-0.2, -0.15) is 0 Å². The van der Waals surface area contributed by atoms with Gasteiger partial charge >= 0.3 is 5.97 Å². The number of nitrogens with one attached hydrogen (secondary N) is 2. The predicted molar refractivity (Wildman–Crippen MR) is 123 cm³/mol. The maximum atomic E-state index is 11.1. The molecule has 0 spiro atoms. The number of aromatic nitrogens is 1. The van der Waals surface area contributed by atoms with Gasteiger partial charge in [0.15, 0.2) is 11.7 Å². The molecule has 0 radical (unpaired) electrons. The van der Waals surface area contributed by atoms with E-state index >= 15 is 0 Å². The standard InChI is InChI=1S/C20H36N4O3.HI/c1-5-16(6-2)18-14-17(27-24-18)15-23-20(21-7-3)22-13-11-9-8-10-12-19(25)26-4;/h14,16H,5-13,15H2,1-4H3,(H2,21,22,23);1H. The van der Waals surface area contributed by atoms with Gasteiger partial charge in [-0.05, 0) is 32.6 Å². The van der Waals surface area contributed by atoms with Crippen LogP contribution in [0.2, 0.25) is 0 Å². The Balaban J connectivity index is 0.00000729. The first-order chi connectivity index (χ1) is 13.1. The van der Waals surface area contributed by atoms with Gasteiger partial charge in [-0.25, -0.2) is 4.99 Å². The molecule has 162 valence electrons. The van der Waals surface area contributed by atoms with Crippen molar-refractivity contribution in [2.24, 2.45) is 4.99 Å². The van der Waals surface area contributed by atoms with Gasteiger partial charge in [0.05, 0.1) is 12.8 Å². The van der Waals surface area contributed by atoms with Crippen molar-refractivity contribution in [2.75, 3.05) is 20.2 Å². The maximum absolute atomic E-state index is 11.1. The average molecular weight is 508 g/mol. The summed E-state index contributed by atoms with van der Waals surface area (Å²) in [4.78, 5) is 15.6. The molecule has 8 heteroatoms. The molecule has 28 heavy (non-hydrogen) atoms. The third-order valence-electron chi connectivity index (χ3n) is 4.55. The van der Waals surface area contributed by atoms with Gasteiger partial charge in [-0.1, -0.05) is 31.8 Å². The second kappa shape index (κ2) is 16.6. The Bertz CT molecular complexity index is 559. The number of guanidine groups is 1. The van der Waals surface area contributed by atoms with Crippen LogP contribution < -0.4 is 10.6 Å². The molecule has 0 aliphatic carbocycles. The number of halogens is 1. The lowest BCUT2D eigenvalue weighted by Gasteiger charge is -2.10. The molecule has 0 unspecified atom stereocenters. The quantitative estimate of drug-likeness (QED) is 0.135. The van der Waals surface area contributed by atoms with E-state index in [1.54, 1.807) is 0 Å². The molecule has 0 atom stereocenters. The number of hydrogen-bond acceptors (Lipinski definition) is 5. The monoisotopic (exact) mass is 508 g/mol. The first kappa shape index (κ1) is 26.7. The normalized spacial score (nSPS) is 11.2. The number of nitrogens with zero attached hydrogens (tertiary/aromatic N) is 2. The second-order valence-electron chi connectivity index (χ2n) is 6.59. The molecular weight excluding hydrogens is 471 g/mol. The Morgan fingerprint density at radius 3 is 2.54 bits per heavy atom. The Labute approximate surface area is 186 Å². The van der Waals surface area contributed by atoms with Crippen molar-refractivity contribution in [1.82, 2.24) is 15.8 Å². The molecule has 0 saturated carbocycles. The van der Waals surface area contributed by atoms with Crippen LogP contribution in [-0.2, 0) is 16.1 Å². The zero-order valence-electron chi connectivity index (χ0n) is 17.8. The topological polar surface area (TPSA) is 88.8 Å². The van der Waals surface area contributed by atoms with Crippen LogP contribution in [-0.4, -0.2) is 37.3 Å². The van der Waals surface area contributed by atoms with Gasteiger partial charge in [-0.3, -0.25) is 4.79 Å². The van der Waals surface area contributed by atoms with Crippen LogP contribution in [0.3, 0.4) is 0 Å². The fraction of sp³-hybridized carbons (Fsp3) is 0.750. The summed E-state index contributed by atoms with van der Waals surface area (Å²) in [7, 11) is 1.43. The van der Waals surface area contributed by atoms with Crippen molar-refractivity contribution < 1.29 is 14.1 Å². The molecule has 0 amide bonds. The average Bonchev–Trinajstić information content (AvgIpc) is 3.14. The van der Waals surface area contributed by atoms with Gasteiger partial charge in [0.2, 0.25) is 0 Å². The molecular formula is C20H37IN4O3. The number of hydrogen-bond donors (Lipinski definition) is 2. The van der Waals surface area contributed by atoms with Crippen LogP contribution >= 0.6 is 24.0 Å². The third-order valence-corrected chi connectivity index (χ3v) is 4.55. The molecule has 1 aromatic rings. The van der Waals surface area contributed by atoms with Gasteiger partial charge in [0.1, 0.15) is 6.54 Å². The molecule has 0 aliphatic heterocycles. The minimum absolute atomic E-state index is 0. The van der Waals surface area contributed by atoms with E-state index in [9.17, 15) is 4.79 Å². The van der Waals surface area contributed by atoms with Gasteiger partial charge in [-0.15, -0.1) is 24.0 Å². The van der Waals surface area contributed by atoms with Gasteiger partial charge < -0.3 is 19.9 Å². The number of carbonyl (C=O) groups excluding carboxylic acids is 1. The molecule has 0 saturated heterocycles. The highest BCUT2D eigenvalue weighted by atomic mass is 127. The maximum Gasteiger partial charge on any atom is 0.305 e. The van der Waals surface area contributed by atoms with Crippen LogP contribution in [0.5, 0.6) is 0 Å². The van der Waals surface area contributed by atoms with Crippen LogP contribution in [0.1, 0.15) is 83.1 Å². The highest BCUT2D eigenvalue weighted by Crippen LogP contribution is 2.22. The highest BCUT2D eigenvalue weighted by molar-refractivity contribution is 14.0. The van der Waals surface area contributed by atoms with Crippen LogP contribution in [0.15, 0.2) is 15.6 Å². The zero-order chi connectivity index (χ0) is 19.9. The van der Waals surface area contributed by atoms with E-state index in [1.807, 2.05) is 13.0 Å². The van der Waals surface area contributed by atoms with Crippen molar-refractivity contribution >= 4 is 35.9 Å². The number of carbonyl (C=O) groups is 1. The molecule has 0 aliphatic rings. The number of unbranched alkanes of at least 4 members (excludes halogenated alkanes) is 3. The lowest BCUT2D eigenvalue weighted by molar-refractivity contribution is -0.140. The molecule has 7 nitrogen and oxygen atoms in total. The van der Waals surface area contributed by atoms with Crippen molar-refractivity contribution in [1.29, 1.82) is 0 Å². The van der Waals surface area contributed by atoms with Crippen LogP contribution in [0, 0.1) is 0 Å². The Morgan fingerprint density at radius 2 is 1.89 bits per heavy atom. The Hall–Kier alpha value is -1.32. The van der Waals surface area contributed by atoms with E-state index in [0.29, 0.717) is 18.9 Å². The third kappa shape index (κ3) is 10.9. The van der Waals surface area contributed by atoms with Gasteiger partial charge in [0, 0.05) is 31.5 Å². The number of ether oxygens (including phenoxy) is 1. The number of rotatable bonds is 13. The molecule has 1 aromatic heterocycles. The predicted octanol–water partition coefficient (Wildman–Crippen LogP) is 4.37. The summed E-state index contributed by atoms with van der Waals surface area (Å²) in [6.45, 7) is 8.51. The summed E-state index contributed by atoms with van der Waals surface area (Å²) in [5.74, 6) is 1.90. The zero-order valence-corrected chi connectivity index (χ0v) is 20.1. The summed E-state index contributed by atoms with van der Waals surface area (Å²) >= 11 is 0. The summed E-state index contributed by atoms with van der Waals surface area (Å²) in [5.41, 5.74) is 1.02.